The SMILES string of the molecule is COc1ccc(-c2cc(C(=O)NCC(C)(c3cnn(C)c3)c3cccc(OC)n3)no2)c(F)c1. The zero-order chi connectivity index (χ0) is 24.3. The summed E-state index contributed by atoms with van der Waals surface area (Å²) >= 11 is 0. The molecule has 176 valence electrons. The molecular weight excluding hydrogens is 441 g/mol. The molecule has 0 radical (unpaired) electrons. The molecule has 0 saturated carbocycles. The molecule has 0 aliphatic carbocycles. The Morgan fingerprint density at radius 3 is 2.71 bits per heavy atom. The lowest BCUT2D eigenvalue weighted by Gasteiger charge is -2.28. The van der Waals surface area contributed by atoms with E-state index in [1.54, 1.807) is 30.1 Å². The zero-order valence-electron chi connectivity index (χ0n) is 19.2. The second kappa shape index (κ2) is 9.34. The molecule has 1 unspecified atom stereocenters. The fraction of sp³-hybridized carbons (Fsp3) is 0.250. The normalized spacial score (nSPS) is 12.7. The van der Waals surface area contributed by atoms with Crippen LogP contribution in [0.3, 0.4) is 0 Å². The van der Waals surface area contributed by atoms with Crippen LogP contribution in [0.15, 0.2) is 59.4 Å². The number of methoxy groups -OCH3 is 2. The van der Waals surface area contributed by atoms with Crippen molar-refractivity contribution in [2.75, 3.05) is 20.8 Å². The molecule has 1 aromatic carbocycles. The minimum Gasteiger partial charge on any atom is -0.497 e. The molecule has 3 heterocycles. The molecule has 0 bridgehead atoms. The third-order valence-electron chi connectivity index (χ3n) is 5.63. The van der Waals surface area contributed by atoms with Crippen molar-refractivity contribution in [3.05, 3.63) is 77.6 Å². The maximum Gasteiger partial charge on any atom is 0.273 e. The predicted octanol–water partition coefficient (Wildman–Crippen LogP) is 3.36. The van der Waals surface area contributed by atoms with E-state index in [9.17, 15) is 9.18 Å². The van der Waals surface area contributed by atoms with Crippen molar-refractivity contribution in [1.29, 1.82) is 0 Å². The molecule has 3 aromatic heterocycles. The van der Waals surface area contributed by atoms with Crippen molar-refractivity contribution < 1.29 is 23.2 Å². The van der Waals surface area contributed by atoms with Gasteiger partial charge in [0, 0.05) is 43.6 Å². The predicted molar refractivity (Wildman–Crippen MR) is 121 cm³/mol. The summed E-state index contributed by atoms with van der Waals surface area (Å²) in [5.74, 6) is -0.0476. The first-order valence-corrected chi connectivity index (χ1v) is 10.4. The van der Waals surface area contributed by atoms with Gasteiger partial charge in [-0.05, 0) is 25.1 Å². The number of hydrogen-bond donors (Lipinski definition) is 1. The Bertz CT molecular complexity index is 1320. The molecule has 1 amide bonds. The van der Waals surface area contributed by atoms with E-state index in [4.69, 9.17) is 14.0 Å². The zero-order valence-corrected chi connectivity index (χ0v) is 19.2. The van der Waals surface area contributed by atoms with Crippen LogP contribution in [0.2, 0.25) is 0 Å². The van der Waals surface area contributed by atoms with Gasteiger partial charge in [-0.15, -0.1) is 0 Å². The van der Waals surface area contributed by atoms with Gasteiger partial charge in [0.25, 0.3) is 5.91 Å². The largest absolute Gasteiger partial charge is 0.497 e. The molecule has 0 fully saturated rings. The number of carbonyl (C=O) groups excluding carboxylic acids is 1. The topological polar surface area (TPSA) is 104 Å². The van der Waals surface area contributed by atoms with Crippen molar-refractivity contribution >= 4 is 5.91 Å². The second-order valence-corrected chi connectivity index (χ2v) is 7.90. The molecule has 4 rings (SSSR count). The highest BCUT2D eigenvalue weighted by Crippen LogP contribution is 2.31. The van der Waals surface area contributed by atoms with E-state index in [0.29, 0.717) is 17.3 Å². The summed E-state index contributed by atoms with van der Waals surface area (Å²) in [6.45, 7) is 2.14. The van der Waals surface area contributed by atoms with Crippen molar-refractivity contribution in [2.45, 2.75) is 12.3 Å². The Morgan fingerprint density at radius 2 is 2.03 bits per heavy atom. The molecule has 1 atom stereocenters. The van der Waals surface area contributed by atoms with Gasteiger partial charge in [0.05, 0.1) is 37.1 Å². The number of nitrogens with zero attached hydrogens (tertiary/aromatic N) is 4. The molecule has 34 heavy (non-hydrogen) atoms. The lowest BCUT2D eigenvalue weighted by Crippen LogP contribution is -2.40. The van der Waals surface area contributed by atoms with E-state index in [-0.39, 0.29) is 23.6 Å². The number of benzene rings is 1. The van der Waals surface area contributed by atoms with Crippen molar-refractivity contribution in [1.82, 2.24) is 25.2 Å². The molecule has 0 aliphatic rings. The lowest BCUT2D eigenvalue weighted by molar-refractivity contribution is 0.0938. The number of halogens is 1. The minimum atomic E-state index is -0.715. The Labute approximate surface area is 195 Å². The van der Waals surface area contributed by atoms with Crippen molar-refractivity contribution in [2.24, 2.45) is 7.05 Å². The fourth-order valence-electron chi connectivity index (χ4n) is 3.56. The van der Waals surface area contributed by atoms with Gasteiger partial charge in [-0.1, -0.05) is 11.2 Å². The smallest absolute Gasteiger partial charge is 0.273 e. The first kappa shape index (κ1) is 23.0. The third-order valence-corrected chi connectivity index (χ3v) is 5.63. The molecule has 9 nitrogen and oxygen atoms in total. The van der Waals surface area contributed by atoms with Gasteiger partial charge in [0.15, 0.2) is 11.5 Å². The van der Waals surface area contributed by atoms with Crippen LogP contribution >= 0.6 is 0 Å². The van der Waals surface area contributed by atoms with Gasteiger partial charge in [0.1, 0.15) is 11.6 Å². The average molecular weight is 465 g/mol. The monoisotopic (exact) mass is 465 g/mol. The summed E-state index contributed by atoms with van der Waals surface area (Å²) in [7, 11) is 4.81. The number of aryl methyl sites for hydroxylation is 1. The van der Waals surface area contributed by atoms with Gasteiger partial charge in [-0.2, -0.15) is 5.10 Å². The van der Waals surface area contributed by atoms with Gasteiger partial charge < -0.3 is 19.3 Å². The number of hydrogen-bond acceptors (Lipinski definition) is 7. The molecule has 1 N–H and O–H groups in total. The maximum absolute atomic E-state index is 14.4. The molecule has 0 spiro atoms. The maximum atomic E-state index is 14.4. The number of pyridine rings is 1. The Hall–Kier alpha value is -4.21. The summed E-state index contributed by atoms with van der Waals surface area (Å²) in [5, 5.41) is 11.0. The highest BCUT2D eigenvalue weighted by atomic mass is 19.1. The summed E-state index contributed by atoms with van der Waals surface area (Å²) in [6.07, 6.45) is 3.60. The van der Waals surface area contributed by atoms with E-state index in [0.717, 1.165) is 5.56 Å². The standard InChI is InChI=1S/C24H24FN5O4/c1-24(15-12-27-30(2)13-15,21-6-5-7-22(28-21)33-4)14-26-23(31)19-11-20(34-29-19)17-9-8-16(32-3)10-18(17)25/h5-13H,14H2,1-4H3,(H,26,31). The molecular formula is C24H24FN5O4. The number of rotatable bonds is 8. The van der Waals surface area contributed by atoms with Crippen LogP contribution in [0.25, 0.3) is 11.3 Å². The van der Waals surface area contributed by atoms with E-state index in [1.807, 2.05) is 32.3 Å². The number of nitrogens with one attached hydrogen (secondary N) is 1. The molecule has 0 aliphatic heterocycles. The number of ether oxygens (including phenoxy) is 2. The Balaban J connectivity index is 1.57. The van der Waals surface area contributed by atoms with E-state index < -0.39 is 17.1 Å². The number of carbonyl (C=O) groups is 1. The molecule has 0 saturated heterocycles. The van der Waals surface area contributed by atoms with E-state index in [2.05, 4.69) is 20.6 Å². The van der Waals surface area contributed by atoms with Crippen molar-refractivity contribution in [3.63, 3.8) is 0 Å². The molecule has 10 heteroatoms. The summed E-state index contributed by atoms with van der Waals surface area (Å²) in [6, 6.07) is 11.2. The summed E-state index contributed by atoms with van der Waals surface area (Å²) in [5.41, 5.74) is 1.04. The Kier molecular flexibility index (Phi) is 6.31. The number of aromatic nitrogens is 4. The van der Waals surface area contributed by atoms with Crippen LogP contribution < -0.4 is 14.8 Å². The summed E-state index contributed by atoms with van der Waals surface area (Å²) in [4.78, 5) is 17.5. The van der Waals surface area contributed by atoms with Gasteiger partial charge in [-0.3, -0.25) is 9.48 Å². The van der Waals surface area contributed by atoms with Crippen LogP contribution in [0, 0.1) is 5.82 Å². The van der Waals surface area contributed by atoms with Crippen molar-refractivity contribution in [3.8, 4) is 23.0 Å². The van der Waals surface area contributed by atoms with E-state index in [1.165, 1.54) is 25.3 Å². The van der Waals surface area contributed by atoms with Crippen LogP contribution in [0.4, 0.5) is 4.39 Å². The van der Waals surface area contributed by atoms with Gasteiger partial charge in [0.2, 0.25) is 5.88 Å². The summed E-state index contributed by atoms with van der Waals surface area (Å²) < 4.78 is 31.6. The molecule has 4 aromatic rings. The van der Waals surface area contributed by atoms with Crippen LogP contribution in [-0.2, 0) is 12.5 Å². The number of amides is 1. The van der Waals surface area contributed by atoms with Crippen LogP contribution in [0.5, 0.6) is 11.6 Å². The fourth-order valence-corrected chi connectivity index (χ4v) is 3.56. The first-order chi connectivity index (χ1) is 16.3. The van der Waals surface area contributed by atoms with Gasteiger partial charge in [-0.25, -0.2) is 9.37 Å². The van der Waals surface area contributed by atoms with E-state index >= 15 is 0 Å². The van der Waals surface area contributed by atoms with Crippen LogP contribution in [0.1, 0.15) is 28.7 Å². The first-order valence-electron chi connectivity index (χ1n) is 10.4. The third kappa shape index (κ3) is 4.47. The van der Waals surface area contributed by atoms with Gasteiger partial charge >= 0.3 is 0 Å². The second-order valence-electron chi connectivity index (χ2n) is 7.90. The lowest BCUT2D eigenvalue weighted by atomic mass is 9.80. The quantitative estimate of drug-likeness (QED) is 0.425. The Morgan fingerprint density at radius 1 is 1.21 bits per heavy atom. The average Bonchev–Trinajstić information content (AvgIpc) is 3.52. The minimum absolute atomic E-state index is 0.0253. The highest BCUT2D eigenvalue weighted by molar-refractivity contribution is 5.93. The van der Waals surface area contributed by atoms with Crippen LogP contribution in [-0.4, -0.2) is 46.6 Å². The highest BCUT2D eigenvalue weighted by Gasteiger charge is 2.33.